The van der Waals surface area contributed by atoms with E-state index in [-0.39, 0.29) is 23.4 Å². The third kappa shape index (κ3) is 3.62. The number of rotatable bonds is 3. The molecule has 3 aromatic carbocycles. The number of carbonyl (C=O) groups is 2. The van der Waals surface area contributed by atoms with Gasteiger partial charge in [0.25, 0.3) is 0 Å². The molecule has 9 heteroatoms. The lowest BCUT2D eigenvalue weighted by atomic mass is 9.72. The Morgan fingerprint density at radius 1 is 1.07 bits per heavy atom. The molecule has 4 atom stereocenters. The number of nitrogens with zero attached hydrogens (tertiary/aromatic N) is 1. The van der Waals surface area contributed by atoms with Crippen LogP contribution in [0.4, 0.5) is 5.69 Å². The number of benzene rings is 3. The number of anilines is 1. The molecule has 0 aliphatic carbocycles. The van der Waals surface area contributed by atoms with Crippen LogP contribution in [0.15, 0.2) is 71.1 Å². The molecule has 0 fully saturated rings. The van der Waals surface area contributed by atoms with E-state index in [0.717, 1.165) is 33.5 Å². The van der Waals surface area contributed by atoms with Crippen molar-refractivity contribution in [2.24, 2.45) is 11.7 Å². The van der Waals surface area contributed by atoms with Gasteiger partial charge in [0.2, 0.25) is 11.8 Å². The second-order valence-corrected chi connectivity index (χ2v) is 11.1. The number of ether oxygens (including phenoxy) is 2. The Bertz CT molecular complexity index is 1700. The van der Waals surface area contributed by atoms with Gasteiger partial charge in [0, 0.05) is 22.4 Å². The fourth-order valence-electron chi connectivity index (χ4n) is 6.38. The zero-order chi connectivity index (χ0) is 28.5. The Morgan fingerprint density at radius 3 is 2.63 bits per heavy atom. The molecule has 0 radical (unpaired) electrons. The van der Waals surface area contributed by atoms with Crippen molar-refractivity contribution >= 4 is 17.6 Å². The van der Waals surface area contributed by atoms with Crippen LogP contribution in [0, 0.1) is 5.92 Å². The number of amides is 1. The molecule has 9 nitrogen and oxygen atoms in total. The molecule has 3 aliphatic rings. The van der Waals surface area contributed by atoms with Crippen LogP contribution in [0.3, 0.4) is 0 Å². The van der Waals surface area contributed by atoms with Gasteiger partial charge in [-0.25, -0.2) is 9.78 Å². The molecule has 1 spiro atoms. The maximum Gasteiger partial charge on any atom is 0.360 e. The van der Waals surface area contributed by atoms with Gasteiger partial charge in [-0.05, 0) is 29.5 Å². The molecule has 1 unspecified atom stereocenters. The molecule has 0 saturated carbocycles. The summed E-state index contributed by atoms with van der Waals surface area (Å²) < 4.78 is 18.4. The van der Waals surface area contributed by atoms with Crippen molar-refractivity contribution in [3.63, 3.8) is 0 Å². The highest BCUT2D eigenvalue weighted by Crippen LogP contribution is 2.60. The predicted octanol–water partition coefficient (Wildman–Crippen LogP) is 4.30. The zero-order valence-corrected chi connectivity index (χ0v) is 22.9. The monoisotopic (exact) mass is 550 g/mol. The summed E-state index contributed by atoms with van der Waals surface area (Å²) in [4.78, 5) is 31.2. The molecule has 3 aliphatic heterocycles. The lowest BCUT2D eigenvalue weighted by Gasteiger charge is -2.28. The van der Waals surface area contributed by atoms with Gasteiger partial charge in [0.05, 0.1) is 13.2 Å². The molecule has 208 valence electrons. The molecular weight excluding hydrogens is 520 g/mol. The third-order valence-electron chi connectivity index (χ3n) is 8.36. The van der Waals surface area contributed by atoms with E-state index in [4.69, 9.17) is 19.6 Å². The number of fused-ring (bicyclic) bond motifs is 4. The summed E-state index contributed by atoms with van der Waals surface area (Å²) in [5, 5.41) is 6.62. The Morgan fingerprint density at radius 2 is 1.88 bits per heavy atom. The van der Waals surface area contributed by atoms with Crippen molar-refractivity contribution in [2.75, 3.05) is 12.4 Å². The molecule has 0 saturated heterocycles. The summed E-state index contributed by atoms with van der Waals surface area (Å²) in [6.07, 6.45) is -0.314. The van der Waals surface area contributed by atoms with E-state index in [2.05, 4.69) is 33.8 Å². The average molecular weight is 551 g/mol. The lowest BCUT2D eigenvalue weighted by molar-refractivity contribution is -0.123. The van der Waals surface area contributed by atoms with Crippen LogP contribution in [-0.2, 0) is 21.4 Å². The molecule has 4 aromatic rings. The van der Waals surface area contributed by atoms with Crippen LogP contribution >= 0.6 is 0 Å². The summed E-state index contributed by atoms with van der Waals surface area (Å²) in [5.74, 6) is 0.0927. The van der Waals surface area contributed by atoms with Gasteiger partial charge < -0.3 is 30.3 Å². The molecular formula is C32H30N4O5. The summed E-state index contributed by atoms with van der Waals surface area (Å²) in [6.45, 7) is 3.89. The minimum absolute atomic E-state index is 0.0394. The van der Waals surface area contributed by atoms with E-state index in [1.54, 1.807) is 0 Å². The van der Waals surface area contributed by atoms with Gasteiger partial charge >= 0.3 is 5.97 Å². The second kappa shape index (κ2) is 9.21. The first-order valence-electron chi connectivity index (χ1n) is 13.7. The number of hydrogen-bond donors (Lipinski definition) is 3. The quantitative estimate of drug-likeness (QED) is 0.322. The van der Waals surface area contributed by atoms with Crippen molar-refractivity contribution in [2.45, 2.75) is 44.0 Å². The highest BCUT2D eigenvalue weighted by molar-refractivity contribution is 5.92. The SMILES string of the molecule is COC(=O)c1nc2oc1C13c4cc(ccc4O[C@@H]1Nc1c(-c4ccccc4)cccc13)C[C@H](N)C(=O)N[C@H]2C(C)C. The molecule has 1 aromatic heterocycles. The van der Waals surface area contributed by atoms with Crippen molar-refractivity contribution in [3.8, 4) is 16.9 Å². The average Bonchev–Trinajstić information content (AvgIpc) is 3.64. The Labute approximate surface area is 237 Å². The Kier molecular flexibility index (Phi) is 5.69. The summed E-state index contributed by atoms with van der Waals surface area (Å²) in [5.41, 5.74) is 10.8. The largest absolute Gasteiger partial charge is 0.469 e. The van der Waals surface area contributed by atoms with Gasteiger partial charge in [-0.1, -0.05) is 74.5 Å². The summed E-state index contributed by atoms with van der Waals surface area (Å²) >= 11 is 0. The number of para-hydroxylation sites is 1. The zero-order valence-electron chi connectivity index (χ0n) is 22.9. The number of nitrogens with two attached hydrogens (primary N) is 1. The first-order chi connectivity index (χ1) is 19.8. The highest BCUT2D eigenvalue weighted by atomic mass is 16.5. The third-order valence-corrected chi connectivity index (χ3v) is 8.36. The molecule has 41 heavy (non-hydrogen) atoms. The first-order valence-corrected chi connectivity index (χ1v) is 13.7. The van der Waals surface area contributed by atoms with E-state index < -0.39 is 29.7 Å². The molecule has 1 amide bonds. The van der Waals surface area contributed by atoms with Crippen LogP contribution in [-0.4, -0.2) is 36.2 Å². The van der Waals surface area contributed by atoms with Gasteiger partial charge in [0.15, 0.2) is 17.7 Å². The highest BCUT2D eigenvalue weighted by Gasteiger charge is 2.61. The van der Waals surface area contributed by atoms with Crippen LogP contribution in [0.25, 0.3) is 11.1 Å². The predicted molar refractivity (Wildman–Crippen MR) is 151 cm³/mol. The maximum atomic E-state index is 13.3. The maximum absolute atomic E-state index is 13.3. The first kappa shape index (κ1) is 25.3. The second-order valence-electron chi connectivity index (χ2n) is 11.1. The summed E-state index contributed by atoms with van der Waals surface area (Å²) in [6, 6.07) is 20.6. The molecule has 4 N–H and O–H groups in total. The standard InChI is InChI=1S/C32H30N4O5/c1-16(2)24-29-35-26(30(38)39-3)27(41-29)32-20-11-7-10-19(18-8-5-4-6-9-18)25(20)36-31(32)40-23-13-12-17(14-21(23)32)15-22(33)28(37)34-24/h4-14,16,22,24,31,36H,15,33H2,1-3H3,(H,34,37)/t22-,24-,31-,32?/m0/s1. The normalized spacial score (nSPS) is 23.8. The molecule has 4 bridgehead atoms. The number of esters is 1. The minimum Gasteiger partial charge on any atom is -0.469 e. The van der Waals surface area contributed by atoms with Crippen molar-refractivity contribution in [3.05, 3.63) is 101 Å². The molecule has 4 heterocycles. The van der Waals surface area contributed by atoms with Crippen molar-refractivity contribution in [1.82, 2.24) is 10.3 Å². The van der Waals surface area contributed by atoms with Gasteiger partial charge in [-0.2, -0.15) is 0 Å². The van der Waals surface area contributed by atoms with E-state index in [0.29, 0.717) is 17.9 Å². The number of aromatic nitrogens is 1. The van der Waals surface area contributed by atoms with Crippen LogP contribution in [0.5, 0.6) is 5.75 Å². The van der Waals surface area contributed by atoms with Gasteiger partial charge in [0.1, 0.15) is 17.2 Å². The number of carbonyl (C=O) groups excluding carboxylic acids is 2. The summed E-state index contributed by atoms with van der Waals surface area (Å²) in [7, 11) is 1.32. The smallest absolute Gasteiger partial charge is 0.360 e. The van der Waals surface area contributed by atoms with E-state index in [1.165, 1.54) is 7.11 Å². The van der Waals surface area contributed by atoms with Crippen molar-refractivity contribution in [1.29, 1.82) is 0 Å². The van der Waals surface area contributed by atoms with Crippen molar-refractivity contribution < 1.29 is 23.5 Å². The van der Waals surface area contributed by atoms with E-state index >= 15 is 0 Å². The number of hydrogen-bond acceptors (Lipinski definition) is 8. The fraction of sp³-hybridized carbons (Fsp3) is 0.281. The number of methoxy groups -OCH3 is 1. The molecule has 7 rings (SSSR count). The van der Waals surface area contributed by atoms with E-state index in [9.17, 15) is 9.59 Å². The topological polar surface area (TPSA) is 129 Å². The lowest BCUT2D eigenvalue weighted by Crippen LogP contribution is -2.45. The Balaban J connectivity index is 1.57. The fourth-order valence-corrected chi connectivity index (χ4v) is 6.38. The van der Waals surface area contributed by atoms with Gasteiger partial charge in [-0.15, -0.1) is 0 Å². The minimum atomic E-state index is -1.07. The van der Waals surface area contributed by atoms with Crippen LogP contribution < -0.4 is 21.1 Å². The van der Waals surface area contributed by atoms with Crippen LogP contribution in [0.2, 0.25) is 0 Å². The number of nitrogens with one attached hydrogen (secondary N) is 2. The van der Waals surface area contributed by atoms with Crippen LogP contribution in [0.1, 0.15) is 58.7 Å². The van der Waals surface area contributed by atoms with E-state index in [1.807, 2.05) is 62.4 Å². The number of oxazole rings is 1. The van der Waals surface area contributed by atoms with Gasteiger partial charge in [-0.3, -0.25) is 4.79 Å². The Hall–Kier alpha value is -4.63.